The maximum absolute atomic E-state index is 11.9. The number of fused-ring (bicyclic) bond motifs is 1. The molecule has 0 fully saturated rings. The van der Waals surface area contributed by atoms with Gasteiger partial charge >= 0.3 is 0 Å². The Hall–Kier alpha value is -2.37. The molecule has 20 heavy (non-hydrogen) atoms. The molecule has 1 atom stereocenters. The van der Waals surface area contributed by atoms with Gasteiger partial charge in [0.25, 0.3) is 0 Å². The van der Waals surface area contributed by atoms with Gasteiger partial charge < -0.3 is 14.6 Å². The average molecular weight is 272 g/mol. The van der Waals surface area contributed by atoms with Crippen molar-refractivity contribution < 1.29 is 9.53 Å². The lowest BCUT2D eigenvalue weighted by molar-refractivity contribution is -0.116. The largest absolute Gasteiger partial charge is 0.490 e. The van der Waals surface area contributed by atoms with Crippen LogP contribution in [0.4, 0.5) is 5.69 Å². The summed E-state index contributed by atoms with van der Waals surface area (Å²) in [6.45, 7) is 2.61. The molecule has 3 rings (SSSR count). The first-order chi connectivity index (χ1) is 9.70. The second kappa shape index (κ2) is 5.32. The third kappa shape index (κ3) is 2.79. The monoisotopic (exact) mass is 272 g/mol. The summed E-state index contributed by atoms with van der Waals surface area (Å²) < 4.78 is 7.41. The van der Waals surface area contributed by atoms with E-state index in [4.69, 9.17) is 4.74 Å². The SMILES string of the molecule is CC1Cc2cc(NC(=O)CCn3cnnc3)ccc2O1. The zero-order chi connectivity index (χ0) is 13.9. The molecule has 1 N–H and O–H groups in total. The molecule has 2 heterocycles. The highest BCUT2D eigenvalue weighted by Gasteiger charge is 2.19. The van der Waals surface area contributed by atoms with E-state index < -0.39 is 0 Å². The smallest absolute Gasteiger partial charge is 0.226 e. The summed E-state index contributed by atoms with van der Waals surface area (Å²) in [5.74, 6) is 0.894. The Morgan fingerprint density at radius 2 is 2.25 bits per heavy atom. The number of aryl methyl sites for hydroxylation is 1. The lowest BCUT2D eigenvalue weighted by atomic mass is 10.1. The normalized spacial score (nSPS) is 16.6. The highest BCUT2D eigenvalue weighted by Crippen LogP contribution is 2.30. The maximum atomic E-state index is 11.9. The summed E-state index contributed by atoms with van der Waals surface area (Å²) in [6.07, 6.45) is 4.69. The first-order valence-corrected chi connectivity index (χ1v) is 6.62. The van der Waals surface area contributed by atoms with Crippen molar-refractivity contribution in [3.05, 3.63) is 36.4 Å². The van der Waals surface area contributed by atoms with Gasteiger partial charge in [-0.2, -0.15) is 0 Å². The molecule has 6 heteroatoms. The van der Waals surface area contributed by atoms with Gasteiger partial charge in [0, 0.05) is 25.1 Å². The van der Waals surface area contributed by atoms with E-state index in [1.807, 2.05) is 25.1 Å². The quantitative estimate of drug-likeness (QED) is 0.918. The molecule has 1 aromatic carbocycles. The van der Waals surface area contributed by atoms with Gasteiger partial charge in [-0.1, -0.05) is 0 Å². The van der Waals surface area contributed by atoms with Crippen molar-refractivity contribution in [2.24, 2.45) is 0 Å². The number of rotatable bonds is 4. The van der Waals surface area contributed by atoms with E-state index in [1.54, 1.807) is 17.2 Å². The fourth-order valence-corrected chi connectivity index (χ4v) is 2.29. The van der Waals surface area contributed by atoms with Crippen LogP contribution in [0.15, 0.2) is 30.9 Å². The second-order valence-electron chi connectivity index (χ2n) is 4.95. The number of benzene rings is 1. The lowest BCUT2D eigenvalue weighted by Gasteiger charge is -2.07. The molecule has 2 aromatic rings. The van der Waals surface area contributed by atoms with Crippen LogP contribution in [-0.4, -0.2) is 26.8 Å². The summed E-state index contributed by atoms with van der Waals surface area (Å²) in [4.78, 5) is 11.9. The molecule has 1 aromatic heterocycles. The van der Waals surface area contributed by atoms with Crippen LogP contribution in [-0.2, 0) is 17.8 Å². The van der Waals surface area contributed by atoms with Crippen LogP contribution in [0.5, 0.6) is 5.75 Å². The first-order valence-electron chi connectivity index (χ1n) is 6.62. The molecule has 6 nitrogen and oxygen atoms in total. The van der Waals surface area contributed by atoms with Crippen LogP contribution < -0.4 is 10.1 Å². The molecule has 0 aliphatic carbocycles. The highest BCUT2D eigenvalue weighted by molar-refractivity contribution is 5.90. The van der Waals surface area contributed by atoms with Crippen molar-refractivity contribution >= 4 is 11.6 Å². The number of nitrogens with one attached hydrogen (secondary N) is 1. The summed E-state index contributed by atoms with van der Waals surface area (Å²) in [6, 6.07) is 5.76. The Morgan fingerprint density at radius 3 is 3.05 bits per heavy atom. The molecule has 0 bridgehead atoms. The molecular formula is C14H16N4O2. The number of ether oxygens (including phenoxy) is 1. The third-order valence-corrected chi connectivity index (χ3v) is 3.24. The Morgan fingerprint density at radius 1 is 1.45 bits per heavy atom. The van der Waals surface area contributed by atoms with Crippen LogP contribution in [0.1, 0.15) is 18.9 Å². The van der Waals surface area contributed by atoms with Gasteiger partial charge in [-0.3, -0.25) is 4.79 Å². The minimum atomic E-state index is -0.0226. The number of hydrogen-bond acceptors (Lipinski definition) is 4. The third-order valence-electron chi connectivity index (χ3n) is 3.24. The second-order valence-corrected chi connectivity index (χ2v) is 4.95. The summed E-state index contributed by atoms with van der Waals surface area (Å²) in [5, 5.41) is 10.3. The van der Waals surface area contributed by atoms with Crippen molar-refractivity contribution in [2.75, 3.05) is 5.32 Å². The minimum Gasteiger partial charge on any atom is -0.490 e. The predicted octanol–water partition coefficient (Wildman–Crippen LogP) is 1.63. The fourth-order valence-electron chi connectivity index (χ4n) is 2.29. The summed E-state index contributed by atoms with van der Waals surface area (Å²) in [7, 11) is 0. The van der Waals surface area contributed by atoms with Gasteiger partial charge in [-0.25, -0.2) is 0 Å². The Balaban J connectivity index is 1.58. The number of anilines is 1. The molecule has 1 amide bonds. The van der Waals surface area contributed by atoms with E-state index in [0.717, 1.165) is 23.4 Å². The molecule has 0 radical (unpaired) electrons. The minimum absolute atomic E-state index is 0.0226. The molecule has 1 unspecified atom stereocenters. The van der Waals surface area contributed by atoms with E-state index in [2.05, 4.69) is 15.5 Å². The van der Waals surface area contributed by atoms with Crippen LogP contribution in [0, 0.1) is 0 Å². The van der Waals surface area contributed by atoms with Gasteiger partial charge in [0.2, 0.25) is 5.91 Å². The van der Waals surface area contributed by atoms with Crippen molar-refractivity contribution in [1.29, 1.82) is 0 Å². The van der Waals surface area contributed by atoms with Gasteiger partial charge in [0.15, 0.2) is 0 Å². The van der Waals surface area contributed by atoms with Gasteiger partial charge in [0.1, 0.15) is 24.5 Å². The molecular weight excluding hydrogens is 256 g/mol. The van der Waals surface area contributed by atoms with Gasteiger partial charge in [-0.15, -0.1) is 10.2 Å². The Kier molecular flexibility index (Phi) is 3.37. The van der Waals surface area contributed by atoms with Crippen molar-refractivity contribution in [1.82, 2.24) is 14.8 Å². The molecule has 0 saturated carbocycles. The topological polar surface area (TPSA) is 69.0 Å². The van der Waals surface area contributed by atoms with Crippen molar-refractivity contribution in [2.45, 2.75) is 32.4 Å². The Labute approximate surface area is 116 Å². The molecule has 1 aliphatic heterocycles. The number of nitrogens with zero attached hydrogens (tertiary/aromatic N) is 3. The van der Waals surface area contributed by atoms with Crippen molar-refractivity contribution in [3.8, 4) is 5.75 Å². The number of carbonyl (C=O) groups excluding carboxylic acids is 1. The maximum Gasteiger partial charge on any atom is 0.226 e. The van der Waals surface area contributed by atoms with E-state index >= 15 is 0 Å². The molecule has 1 aliphatic rings. The van der Waals surface area contributed by atoms with Crippen LogP contribution >= 0.6 is 0 Å². The fraction of sp³-hybridized carbons (Fsp3) is 0.357. The molecule has 0 spiro atoms. The zero-order valence-electron chi connectivity index (χ0n) is 11.2. The number of carbonyl (C=O) groups is 1. The van der Waals surface area contributed by atoms with E-state index in [-0.39, 0.29) is 12.0 Å². The van der Waals surface area contributed by atoms with Crippen LogP contribution in [0.2, 0.25) is 0 Å². The van der Waals surface area contributed by atoms with Gasteiger partial charge in [0.05, 0.1) is 0 Å². The lowest BCUT2D eigenvalue weighted by Crippen LogP contribution is -2.14. The molecule has 104 valence electrons. The van der Waals surface area contributed by atoms with E-state index in [9.17, 15) is 4.79 Å². The number of hydrogen-bond donors (Lipinski definition) is 1. The standard InChI is InChI=1S/C14H16N4O2/c1-10-6-11-7-12(2-3-13(11)20-10)17-14(19)4-5-18-8-15-16-9-18/h2-3,7-10H,4-6H2,1H3,(H,17,19). The van der Waals surface area contributed by atoms with Crippen LogP contribution in [0.3, 0.4) is 0 Å². The Bertz CT molecular complexity index is 610. The summed E-state index contributed by atoms with van der Waals surface area (Å²) in [5.41, 5.74) is 1.96. The first kappa shape index (κ1) is 12.7. The number of amides is 1. The van der Waals surface area contributed by atoms with Crippen molar-refractivity contribution in [3.63, 3.8) is 0 Å². The molecule has 0 saturated heterocycles. The van der Waals surface area contributed by atoms with E-state index in [0.29, 0.717) is 13.0 Å². The average Bonchev–Trinajstić information content (AvgIpc) is 3.04. The van der Waals surface area contributed by atoms with Crippen LogP contribution in [0.25, 0.3) is 0 Å². The predicted molar refractivity (Wildman–Crippen MR) is 73.5 cm³/mol. The zero-order valence-corrected chi connectivity index (χ0v) is 11.2. The summed E-state index contributed by atoms with van der Waals surface area (Å²) >= 11 is 0. The highest BCUT2D eigenvalue weighted by atomic mass is 16.5. The van der Waals surface area contributed by atoms with Gasteiger partial charge in [-0.05, 0) is 30.7 Å². The van der Waals surface area contributed by atoms with E-state index in [1.165, 1.54) is 0 Å². The number of aromatic nitrogens is 3.